The zero-order valence-electron chi connectivity index (χ0n) is 9.19. The molecule has 1 aromatic rings. The Morgan fingerprint density at radius 3 is 2.71 bits per heavy atom. The van der Waals surface area contributed by atoms with Gasteiger partial charge in [-0.25, -0.2) is 9.18 Å². The Bertz CT molecular complexity index is 415. The molecular weight excluding hydrogens is 227 g/mol. The van der Waals surface area contributed by atoms with E-state index in [1.165, 1.54) is 18.2 Å². The molecule has 0 bridgehead atoms. The second-order valence-corrected chi connectivity index (χ2v) is 3.97. The van der Waals surface area contributed by atoms with E-state index in [4.69, 9.17) is 14.6 Å². The second kappa shape index (κ2) is 5.03. The summed E-state index contributed by atoms with van der Waals surface area (Å²) >= 11 is 0. The maximum absolute atomic E-state index is 12.1. The van der Waals surface area contributed by atoms with Crippen LogP contribution in [-0.4, -0.2) is 24.5 Å². The standard InChI is InChI=1S/C12H13FO4/c13-7-17-10-4-3-9(12(14)15)5-11(10)16-6-8-1-2-8/h3-5,8H,1-2,6-7H2,(H,14,15). The molecule has 1 aliphatic carbocycles. The van der Waals surface area contributed by atoms with Crippen LogP contribution < -0.4 is 9.47 Å². The molecule has 0 unspecified atom stereocenters. The molecule has 0 amide bonds. The minimum absolute atomic E-state index is 0.0991. The van der Waals surface area contributed by atoms with Crippen LogP contribution in [0.3, 0.4) is 0 Å². The van der Waals surface area contributed by atoms with Crippen LogP contribution in [0, 0.1) is 5.92 Å². The van der Waals surface area contributed by atoms with Gasteiger partial charge in [0.15, 0.2) is 11.5 Å². The van der Waals surface area contributed by atoms with Gasteiger partial charge in [-0.05, 0) is 37.0 Å². The SMILES string of the molecule is O=C(O)c1ccc(OCF)c(OCC2CC2)c1. The van der Waals surface area contributed by atoms with E-state index < -0.39 is 12.8 Å². The van der Waals surface area contributed by atoms with Gasteiger partial charge in [0.1, 0.15) is 0 Å². The van der Waals surface area contributed by atoms with Gasteiger partial charge < -0.3 is 14.6 Å². The van der Waals surface area contributed by atoms with Crippen LogP contribution in [0.5, 0.6) is 11.5 Å². The van der Waals surface area contributed by atoms with Gasteiger partial charge in [-0.1, -0.05) is 0 Å². The Hall–Kier alpha value is -1.78. The van der Waals surface area contributed by atoms with Crippen molar-refractivity contribution in [2.45, 2.75) is 12.8 Å². The van der Waals surface area contributed by atoms with Crippen LogP contribution in [0.15, 0.2) is 18.2 Å². The van der Waals surface area contributed by atoms with Gasteiger partial charge in [0, 0.05) is 0 Å². The summed E-state index contributed by atoms with van der Waals surface area (Å²) in [5, 5.41) is 8.85. The third-order valence-corrected chi connectivity index (χ3v) is 2.57. The maximum Gasteiger partial charge on any atom is 0.335 e. The molecule has 0 heterocycles. The summed E-state index contributed by atoms with van der Waals surface area (Å²) in [6, 6.07) is 4.12. The van der Waals surface area contributed by atoms with E-state index in [2.05, 4.69) is 0 Å². The summed E-state index contributed by atoms with van der Waals surface area (Å²) in [6.07, 6.45) is 2.25. The first-order valence-electron chi connectivity index (χ1n) is 5.39. The van der Waals surface area contributed by atoms with Gasteiger partial charge in [-0.15, -0.1) is 0 Å². The highest BCUT2D eigenvalue weighted by molar-refractivity contribution is 5.88. The molecule has 1 fully saturated rings. The molecule has 1 aromatic carbocycles. The van der Waals surface area contributed by atoms with E-state index in [1.807, 2.05) is 0 Å². The second-order valence-electron chi connectivity index (χ2n) is 3.97. The third-order valence-electron chi connectivity index (χ3n) is 2.57. The van der Waals surface area contributed by atoms with E-state index in [0.717, 1.165) is 12.8 Å². The molecule has 17 heavy (non-hydrogen) atoms. The maximum atomic E-state index is 12.1. The number of hydrogen-bond acceptors (Lipinski definition) is 3. The Balaban J connectivity index is 2.15. The summed E-state index contributed by atoms with van der Waals surface area (Å²) < 4.78 is 22.3. The topological polar surface area (TPSA) is 55.8 Å². The molecule has 2 rings (SSSR count). The minimum atomic E-state index is -1.05. The molecular formula is C12H13FO4. The van der Waals surface area contributed by atoms with E-state index in [-0.39, 0.29) is 17.1 Å². The van der Waals surface area contributed by atoms with Gasteiger partial charge >= 0.3 is 5.97 Å². The average Bonchev–Trinajstić information content (AvgIpc) is 3.11. The summed E-state index contributed by atoms with van der Waals surface area (Å²) in [5.74, 6) is 0.00220. The molecule has 1 N–H and O–H groups in total. The molecule has 1 saturated carbocycles. The molecule has 1 aliphatic rings. The van der Waals surface area contributed by atoms with Crippen molar-refractivity contribution in [2.24, 2.45) is 5.92 Å². The van der Waals surface area contributed by atoms with Crippen LogP contribution in [-0.2, 0) is 0 Å². The first-order chi connectivity index (χ1) is 8.20. The van der Waals surface area contributed by atoms with Gasteiger partial charge in [0.2, 0.25) is 6.86 Å². The Labute approximate surface area is 98.0 Å². The molecule has 4 nitrogen and oxygen atoms in total. The number of hydrogen-bond donors (Lipinski definition) is 1. The molecule has 0 aliphatic heterocycles. The minimum Gasteiger partial charge on any atom is -0.489 e. The van der Waals surface area contributed by atoms with Crippen molar-refractivity contribution in [2.75, 3.05) is 13.5 Å². The quantitative estimate of drug-likeness (QED) is 0.829. The third kappa shape index (κ3) is 3.09. The molecule has 92 valence electrons. The summed E-state index contributed by atoms with van der Waals surface area (Å²) in [6.45, 7) is -0.447. The lowest BCUT2D eigenvalue weighted by molar-refractivity contribution is 0.0696. The lowest BCUT2D eigenvalue weighted by Crippen LogP contribution is -2.04. The Morgan fingerprint density at radius 2 is 2.12 bits per heavy atom. The molecule has 5 heteroatoms. The molecule has 0 atom stereocenters. The van der Waals surface area contributed by atoms with Crippen LogP contribution in [0.25, 0.3) is 0 Å². The van der Waals surface area contributed by atoms with Crippen LogP contribution in [0.4, 0.5) is 4.39 Å². The normalized spacial score (nSPS) is 14.4. The zero-order chi connectivity index (χ0) is 12.3. The van der Waals surface area contributed by atoms with Crippen molar-refractivity contribution in [3.63, 3.8) is 0 Å². The first-order valence-corrected chi connectivity index (χ1v) is 5.39. The summed E-state index contributed by atoms with van der Waals surface area (Å²) in [5.41, 5.74) is 0.0991. The van der Waals surface area contributed by atoms with E-state index in [9.17, 15) is 9.18 Å². The van der Waals surface area contributed by atoms with Crippen molar-refractivity contribution in [3.8, 4) is 11.5 Å². The summed E-state index contributed by atoms with van der Waals surface area (Å²) in [7, 11) is 0. The van der Waals surface area contributed by atoms with Crippen LogP contribution in [0.2, 0.25) is 0 Å². The average molecular weight is 240 g/mol. The molecule has 0 aromatic heterocycles. The van der Waals surface area contributed by atoms with Crippen molar-refractivity contribution in [1.82, 2.24) is 0 Å². The highest BCUT2D eigenvalue weighted by Gasteiger charge is 2.23. The highest BCUT2D eigenvalue weighted by Crippen LogP contribution is 2.33. The number of carboxylic acid groups (broad SMARTS) is 1. The zero-order valence-corrected chi connectivity index (χ0v) is 9.19. The van der Waals surface area contributed by atoms with Gasteiger partial charge in [-0.3, -0.25) is 0 Å². The van der Waals surface area contributed by atoms with Gasteiger partial charge in [0.25, 0.3) is 0 Å². The predicted octanol–water partition coefficient (Wildman–Crippen LogP) is 2.48. The number of benzene rings is 1. The van der Waals surface area contributed by atoms with Crippen molar-refractivity contribution in [1.29, 1.82) is 0 Å². The van der Waals surface area contributed by atoms with Gasteiger partial charge in [0.05, 0.1) is 12.2 Å². The van der Waals surface area contributed by atoms with Crippen molar-refractivity contribution >= 4 is 5.97 Å². The number of halogens is 1. The molecule has 0 radical (unpaired) electrons. The monoisotopic (exact) mass is 240 g/mol. The largest absolute Gasteiger partial charge is 0.489 e. The lowest BCUT2D eigenvalue weighted by atomic mass is 10.2. The predicted molar refractivity (Wildman–Crippen MR) is 58.2 cm³/mol. The fraction of sp³-hybridized carbons (Fsp3) is 0.417. The Kier molecular flexibility index (Phi) is 3.46. The smallest absolute Gasteiger partial charge is 0.335 e. The fourth-order valence-electron chi connectivity index (χ4n) is 1.42. The number of carboxylic acids is 1. The Morgan fingerprint density at radius 1 is 1.35 bits per heavy atom. The molecule has 0 spiro atoms. The van der Waals surface area contributed by atoms with E-state index in [0.29, 0.717) is 12.5 Å². The van der Waals surface area contributed by atoms with Crippen LogP contribution >= 0.6 is 0 Å². The number of aromatic carboxylic acids is 1. The number of carbonyl (C=O) groups is 1. The lowest BCUT2D eigenvalue weighted by Gasteiger charge is -2.11. The fourth-order valence-corrected chi connectivity index (χ4v) is 1.42. The van der Waals surface area contributed by atoms with E-state index >= 15 is 0 Å². The number of alkyl halides is 1. The first kappa shape index (κ1) is 11.7. The van der Waals surface area contributed by atoms with E-state index in [1.54, 1.807) is 0 Å². The number of ether oxygens (including phenoxy) is 2. The van der Waals surface area contributed by atoms with Crippen molar-refractivity contribution < 1.29 is 23.8 Å². The number of rotatable bonds is 6. The van der Waals surface area contributed by atoms with Crippen molar-refractivity contribution in [3.05, 3.63) is 23.8 Å². The van der Waals surface area contributed by atoms with Gasteiger partial charge in [-0.2, -0.15) is 0 Å². The van der Waals surface area contributed by atoms with Crippen LogP contribution in [0.1, 0.15) is 23.2 Å². The molecule has 0 saturated heterocycles. The highest BCUT2D eigenvalue weighted by atomic mass is 19.1. The summed E-state index contributed by atoms with van der Waals surface area (Å²) in [4.78, 5) is 10.8.